The molecular weight excluding hydrogens is 534 g/mol. The summed E-state index contributed by atoms with van der Waals surface area (Å²) in [5, 5.41) is 14.9. The van der Waals surface area contributed by atoms with Gasteiger partial charge >= 0.3 is 6.18 Å². The van der Waals surface area contributed by atoms with Crippen molar-refractivity contribution in [1.82, 2.24) is 5.32 Å². The molecule has 2 unspecified atom stereocenters. The van der Waals surface area contributed by atoms with E-state index in [1.54, 1.807) is 60.7 Å². The van der Waals surface area contributed by atoms with Gasteiger partial charge < -0.3 is 15.2 Å². The van der Waals surface area contributed by atoms with Gasteiger partial charge in [-0.15, -0.1) is 0 Å². The molecule has 0 saturated heterocycles. The first-order valence-electron chi connectivity index (χ1n) is 12.8. The predicted molar refractivity (Wildman–Crippen MR) is 148 cm³/mol. The third-order valence-corrected chi connectivity index (χ3v) is 6.75. The summed E-state index contributed by atoms with van der Waals surface area (Å²) in [5.41, 5.74) is 0.356. The number of benzene rings is 5. The van der Waals surface area contributed by atoms with E-state index in [9.17, 15) is 27.5 Å². The largest absolute Gasteiger partial charge is 0.457 e. The van der Waals surface area contributed by atoms with E-state index >= 15 is 0 Å². The second-order valence-electron chi connectivity index (χ2n) is 9.55. The third-order valence-electron chi connectivity index (χ3n) is 6.75. The zero-order valence-corrected chi connectivity index (χ0v) is 21.6. The van der Waals surface area contributed by atoms with Crippen molar-refractivity contribution < 1.29 is 32.2 Å². The van der Waals surface area contributed by atoms with Crippen LogP contribution in [0.4, 0.5) is 17.6 Å². The SMILES string of the molecule is O=C(NC(Cc1ccc(C(F)(F)F)cc1)C(O)c1ccc(Oc2ccccc2)cc1)c1ccc(F)c2ccccc12. The number of hydrogen-bond acceptors (Lipinski definition) is 3. The molecule has 0 aliphatic carbocycles. The van der Waals surface area contributed by atoms with Crippen molar-refractivity contribution >= 4 is 16.7 Å². The van der Waals surface area contributed by atoms with Crippen molar-refractivity contribution in [2.45, 2.75) is 24.7 Å². The smallest absolute Gasteiger partial charge is 0.416 e. The minimum absolute atomic E-state index is 0.0342. The van der Waals surface area contributed by atoms with Crippen LogP contribution in [-0.4, -0.2) is 17.1 Å². The van der Waals surface area contributed by atoms with Crippen molar-refractivity contribution in [1.29, 1.82) is 0 Å². The lowest BCUT2D eigenvalue weighted by Crippen LogP contribution is -2.41. The van der Waals surface area contributed by atoms with Crippen LogP contribution in [0.25, 0.3) is 10.8 Å². The van der Waals surface area contributed by atoms with E-state index in [4.69, 9.17) is 4.74 Å². The Morgan fingerprint density at radius 3 is 2.02 bits per heavy atom. The summed E-state index contributed by atoms with van der Waals surface area (Å²) >= 11 is 0. The van der Waals surface area contributed by atoms with Crippen molar-refractivity contribution in [3.8, 4) is 11.5 Å². The molecule has 41 heavy (non-hydrogen) atoms. The summed E-state index contributed by atoms with van der Waals surface area (Å²) in [6.07, 6.45) is -5.68. The molecule has 0 aromatic heterocycles. The van der Waals surface area contributed by atoms with Gasteiger partial charge in [-0.1, -0.05) is 66.7 Å². The Hall–Kier alpha value is -4.69. The molecule has 0 heterocycles. The molecule has 0 saturated carbocycles. The Balaban J connectivity index is 1.42. The number of carbonyl (C=O) groups is 1. The monoisotopic (exact) mass is 559 g/mol. The van der Waals surface area contributed by atoms with Gasteiger partial charge in [0.05, 0.1) is 17.7 Å². The highest BCUT2D eigenvalue weighted by molar-refractivity contribution is 6.07. The van der Waals surface area contributed by atoms with Crippen molar-refractivity contribution in [3.63, 3.8) is 0 Å². The Morgan fingerprint density at radius 1 is 0.756 bits per heavy atom. The van der Waals surface area contributed by atoms with Gasteiger partial charge in [-0.3, -0.25) is 4.79 Å². The molecule has 2 N–H and O–H groups in total. The highest BCUT2D eigenvalue weighted by atomic mass is 19.4. The maximum absolute atomic E-state index is 14.4. The van der Waals surface area contributed by atoms with E-state index in [0.29, 0.717) is 28.0 Å². The molecule has 0 bridgehead atoms. The maximum Gasteiger partial charge on any atom is 0.416 e. The van der Waals surface area contributed by atoms with E-state index in [-0.39, 0.29) is 17.4 Å². The van der Waals surface area contributed by atoms with E-state index in [1.807, 2.05) is 18.2 Å². The molecule has 0 radical (unpaired) electrons. The summed E-state index contributed by atoms with van der Waals surface area (Å²) in [6, 6.07) is 28.6. The van der Waals surface area contributed by atoms with Gasteiger partial charge in [0, 0.05) is 10.9 Å². The molecule has 5 aromatic rings. The van der Waals surface area contributed by atoms with Gasteiger partial charge in [-0.2, -0.15) is 13.2 Å². The van der Waals surface area contributed by atoms with Crippen LogP contribution in [-0.2, 0) is 12.6 Å². The number of rotatable bonds is 8. The topological polar surface area (TPSA) is 58.6 Å². The van der Waals surface area contributed by atoms with Crippen molar-refractivity contribution in [3.05, 3.63) is 143 Å². The fourth-order valence-electron chi connectivity index (χ4n) is 4.62. The molecule has 8 heteroatoms. The van der Waals surface area contributed by atoms with Gasteiger partial charge in [0.15, 0.2) is 0 Å². The zero-order valence-electron chi connectivity index (χ0n) is 21.6. The Bertz CT molecular complexity index is 1640. The molecule has 5 aromatic carbocycles. The van der Waals surface area contributed by atoms with E-state index < -0.39 is 35.6 Å². The summed E-state index contributed by atoms with van der Waals surface area (Å²) in [7, 11) is 0. The molecule has 4 nitrogen and oxygen atoms in total. The number of fused-ring (bicyclic) bond motifs is 1. The van der Waals surface area contributed by atoms with Crippen molar-refractivity contribution in [2.24, 2.45) is 0 Å². The Morgan fingerprint density at radius 2 is 1.37 bits per heavy atom. The van der Waals surface area contributed by atoms with E-state index in [0.717, 1.165) is 12.1 Å². The maximum atomic E-state index is 14.4. The number of ether oxygens (including phenoxy) is 1. The number of carbonyl (C=O) groups excluding carboxylic acids is 1. The number of aliphatic hydroxyl groups excluding tert-OH is 1. The summed E-state index contributed by atoms with van der Waals surface area (Å²) in [5.74, 6) is 0.144. The second-order valence-corrected chi connectivity index (χ2v) is 9.55. The summed E-state index contributed by atoms with van der Waals surface area (Å²) in [6.45, 7) is 0. The van der Waals surface area contributed by atoms with Gasteiger partial charge in [-0.05, 0) is 71.5 Å². The quantitative estimate of drug-likeness (QED) is 0.190. The third kappa shape index (κ3) is 6.56. The second kappa shape index (κ2) is 11.8. The molecule has 5 rings (SSSR count). The van der Waals surface area contributed by atoms with Crippen LogP contribution in [0.5, 0.6) is 11.5 Å². The normalized spacial score (nSPS) is 13.0. The zero-order chi connectivity index (χ0) is 29.0. The summed E-state index contributed by atoms with van der Waals surface area (Å²) < 4.78 is 59.4. The van der Waals surface area contributed by atoms with Crippen LogP contribution < -0.4 is 10.1 Å². The van der Waals surface area contributed by atoms with Crippen LogP contribution in [0.15, 0.2) is 115 Å². The van der Waals surface area contributed by atoms with Crippen LogP contribution in [0.2, 0.25) is 0 Å². The van der Waals surface area contributed by atoms with Gasteiger partial charge in [-0.25, -0.2) is 4.39 Å². The van der Waals surface area contributed by atoms with Crippen LogP contribution in [0, 0.1) is 5.82 Å². The first-order chi connectivity index (χ1) is 19.7. The fourth-order valence-corrected chi connectivity index (χ4v) is 4.62. The Kier molecular flexibility index (Phi) is 8.03. The summed E-state index contributed by atoms with van der Waals surface area (Å²) in [4.78, 5) is 13.4. The highest BCUT2D eigenvalue weighted by Crippen LogP contribution is 2.31. The standard InChI is InChI=1S/C33H25F4NO3/c34-29-19-18-28(26-8-4-5-9-27(26)29)32(40)38-30(20-21-10-14-23(15-11-21)33(35,36)37)31(39)22-12-16-25(17-13-22)41-24-6-2-1-3-7-24/h1-19,30-31,39H,20H2,(H,38,40). The number of amides is 1. The minimum Gasteiger partial charge on any atom is -0.457 e. The van der Waals surface area contributed by atoms with E-state index in [2.05, 4.69) is 5.32 Å². The Labute approximate surface area is 233 Å². The lowest BCUT2D eigenvalue weighted by molar-refractivity contribution is -0.137. The first kappa shape index (κ1) is 27.9. The number of halogens is 4. The average molecular weight is 560 g/mol. The van der Waals surface area contributed by atoms with Gasteiger partial charge in [0.2, 0.25) is 0 Å². The average Bonchev–Trinajstić information content (AvgIpc) is 2.97. The molecule has 2 atom stereocenters. The van der Waals surface area contributed by atoms with Crippen LogP contribution >= 0.6 is 0 Å². The van der Waals surface area contributed by atoms with E-state index in [1.165, 1.54) is 24.3 Å². The van der Waals surface area contributed by atoms with Gasteiger partial charge in [0.1, 0.15) is 17.3 Å². The van der Waals surface area contributed by atoms with Crippen molar-refractivity contribution in [2.75, 3.05) is 0 Å². The highest BCUT2D eigenvalue weighted by Gasteiger charge is 2.30. The first-order valence-corrected chi connectivity index (χ1v) is 12.8. The number of hydrogen-bond donors (Lipinski definition) is 2. The molecule has 0 fully saturated rings. The number of nitrogens with one attached hydrogen (secondary N) is 1. The van der Waals surface area contributed by atoms with Crippen LogP contribution in [0.1, 0.15) is 33.2 Å². The molecule has 0 aliphatic heterocycles. The number of aliphatic hydroxyl groups is 1. The molecule has 1 amide bonds. The van der Waals surface area contributed by atoms with Gasteiger partial charge in [0.25, 0.3) is 5.91 Å². The lowest BCUT2D eigenvalue weighted by atomic mass is 9.94. The molecule has 0 spiro atoms. The lowest BCUT2D eigenvalue weighted by Gasteiger charge is -2.25. The number of alkyl halides is 3. The molecule has 0 aliphatic rings. The number of para-hydroxylation sites is 1. The minimum atomic E-state index is -4.49. The predicted octanol–water partition coefficient (Wildman–Crippen LogP) is 7.86. The molecular formula is C33H25F4NO3. The van der Waals surface area contributed by atoms with Crippen LogP contribution in [0.3, 0.4) is 0 Å². The molecule has 208 valence electrons. The fraction of sp³-hybridized carbons (Fsp3) is 0.121.